The number of alkyl halides is 2. The van der Waals surface area contributed by atoms with E-state index >= 15 is 0 Å². The number of carbonyl (C=O) groups is 1. The lowest BCUT2D eigenvalue weighted by Crippen LogP contribution is -2.30. The van der Waals surface area contributed by atoms with E-state index in [-0.39, 0.29) is 16.8 Å². The summed E-state index contributed by atoms with van der Waals surface area (Å²) in [6, 6.07) is 10.1. The Hall–Kier alpha value is -2.65. The number of hydrogen-bond donors (Lipinski definition) is 0. The monoisotopic (exact) mass is 466 g/mol. The van der Waals surface area contributed by atoms with Crippen LogP contribution >= 0.6 is 23.4 Å². The van der Waals surface area contributed by atoms with Crippen molar-refractivity contribution in [2.24, 2.45) is 0 Å². The van der Waals surface area contributed by atoms with Crippen molar-refractivity contribution in [2.45, 2.75) is 25.7 Å². The second-order valence-electron chi connectivity index (χ2n) is 6.42. The quantitative estimate of drug-likeness (QED) is 0.384. The number of amides is 1. The van der Waals surface area contributed by atoms with Crippen LogP contribution in [0.3, 0.4) is 0 Å². The molecule has 0 spiro atoms. The summed E-state index contributed by atoms with van der Waals surface area (Å²) in [6.45, 7) is -0.489. The first-order valence-electron chi connectivity index (χ1n) is 9.55. The number of halogens is 3. The van der Waals surface area contributed by atoms with Crippen LogP contribution in [0.15, 0.2) is 55.0 Å². The van der Waals surface area contributed by atoms with Gasteiger partial charge >= 0.3 is 6.61 Å². The van der Waals surface area contributed by atoms with Crippen LogP contribution in [-0.4, -0.2) is 39.6 Å². The van der Waals surface area contributed by atoms with Crippen molar-refractivity contribution in [2.75, 3.05) is 17.2 Å². The van der Waals surface area contributed by atoms with Gasteiger partial charge in [-0.2, -0.15) is 25.6 Å². The van der Waals surface area contributed by atoms with Gasteiger partial charge in [0.1, 0.15) is 11.4 Å². The second kappa shape index (κ2) is 11.1. The summed E-state index contributed by atoms with van der Waals surface area (Å²) in [4.78, 5) is 18.4. The van der Waals surface area contributed by atoms with Gasteiger partial charge in [0.25, 0.3) is 0 Å². The minimum Gasteiger partial charge on any atom is -0.435 e. The third-order valence-corrected chi connectivity index (χ3v) is 5.65. The summed E-state index contributed by atoms with van der Waals surface area (Å²) >= 11 is 7.87. The molecule has 1 aromatic carbocycles. The van der Waals surface area contributed by atoms with Crippen LogP contribution in [0.1, 0.15) is 18.9 Å². The fourth-order valence-electron chi connectivity index (χ4n) is 2.88. The number of hydrogen-bond acceptors (Lipinski definition) is 5. The Labute approximate surface area is 188 Å². The zero-order chi connectivity index (χ0) is 22.2. The molecule has 0 aliphatic heterocycles. The molecular weight excluding hydrogens is 446 g/mol. The van der Waals surface area contributed by atoms with E-state index in [1.807, 2.05) is 13.0 Å². The van der Waals surface area contributed by atoms with Gasteiger partial charge in [-0.05, 0) is 36.8 Å². The molecule has 0 bridgehead atoms. The van der Waals surface area contributed by atoms with Gasteiger partial charge in [-0.15, -0.1) is 0 Å². The zero-order valence-corrected chi connectivity index (χ0v) is 18.3. The fraction of sp³-hybridized carbons (Fsp3) is 0.286. The number of nitrogens with zero attached hydrogens (tertiary/aromatic N) is 4. The Morgan fingerprint density at radius 1 is 1.29 bits per heavy atom. The lowest BCUT2D eigenvalue weighted by atomic mass is 10.2. The minimum absolute atomic E-state index is 0.0525. The number of carbonyl (C=O) groups excluding carboxylic acids is 1. The second-order valence-corrected chi connectivity index (χ2v) is 7.89. The molecule has 0 atom stereocenters. The SMILES string of the molecule is CCN(C(=O)CCSCc1ccc(OC(F)F)cc1)c1cn(-c2cccnc2)nc1Cl. The molecule has 1 amide bonds. The number of thioether (sulfide) groups is 1. The third-order valence-electron chi connectivity index (χ3n) is 4.35. The molecule has 6 nitrogen and oxygen atoms in total. The molecule has 0 radical (unpaired) electrons. The van der Waals surface area contributed by atoms with Crippen LogP contribution in [0, 0.1) is 0 Å². The highest BCUT2D eigenvalue weighted by molar-refractivity contribution is 7.98. The zero-order valence-electron chi connectivity index (χ0n) is 16.7. The number of rotatable bonds is 10. The van der Waals surface area contributed by atoms with Crippen molar-refractivity contribution >= 4 is 35.0 Å². The highest BCUT2D eigenvalue weighted by Crippen LogP contribution is 2.27. The van der Waals surface area contributed by atoms with E-state index in [9.17, 15) is 13.6 Å². The molecule has 0 saturated heterocycles. The van der Waals surface area contributed by atoms with Gasteiger partial charge in [0.2, 0.25) is 5.91 Å². The minimum atomic E-state index is -2.84. The Morgan fingerprint density at radius 3 is 2.71 bits per heavy atom. The molecule has 3 rings (SSSR count). The maximum absolute atomic E-state index is 12.7. The molecule has 0 saturated carbocycles. The Bertz CT molecular complexity index is 987. The van der Waals surface area contributed by atoms with Gasteiger partial charge in [0.15, 0.2) is 5.15 Å². The average Bonchev–Trinajstić information content (AvgIpc) is 3.14. The lowest BCUT2D eigenvalue weighted by Gasteiger charge is -2.19. The van der Waals surface area contributed by atoms with E-state index < -0.39 is 6.61 Å². The fourth-order valence-corrected chi connectivity index (χ4v) is 4.00. The van der Waals surface area contributed by atoms with Gasteiger partial charge in [-0.1, -0.05) is 23.7 Å². The van der Waals surface area contributed by atoms with E-state index in [0.29, 0.717) is 30.2 Å². The highest BCUT2D eigenvalue weighted by atomic mass is 35.5. The largest absolute Gasteiger partial charge is 0.435 e. The van der Waals surface area contributed by atoms with E-state index in [1.165, 1.54) is 12.1 Å². The normalized spacial score (nSPS) is 11.0. The summed E-state index contributed by atoms with van der Waals surface area (Å²) < 4.78 is 30.3. The molecule has 0 N–H and O–H groups in total. The van der Waals surface area contributed by atoms with Crippen LogP contribution in [0.5, 0.6) is 5.75 Å². The Balaban J connectivity index is 1.53. The van der Waals surface area contributed by atoms with Crippen LogP contribution in [-0.2, 0) is 10.5 Å². The standard InChI is InChI=1S/C21H21ClF2N4O2S/c1-2-27(18-13-28(26-20(18)22)16-4-3-10-25-12-16)19(29)9-11-31-14-15-5-7-17(8-6-15)30-21(23)24/h3-8,10,12-13,21H,2,9,11,14H2,1H3. The third kappa shape index (κ3) is 6.41. The maximum atomic E-state index is 12.7. The first kappa shape index (κ1) is 23.0. The number of ether oxygens (including phenoxy) is 1. The van der Waals surface area contributed by atoms with Crippen LogP contribution < -0.4 is 9.64 Å². The summed E-state index contributed by atoms with van der Waals surface area (Å²) in [5.74, 6) is 1.34. The van der Waals surface area contributed by atoms with Gasteiger partial charge in [0, 0.05) is 30.7 Å². The molecule has 2 heterocycles. The van der Waals surface area contributed by atoms with Crippen LogP contribution in [0.2, 0.25) is 5.15 Å². The predicted molar refractivity (Wildman–Crippen MR) is 118 cm³/mol. The predicted octanol–water partition coefficient (Wildman–Crippen LogP) is 5.20. The Kier molecular flexibility index (Phi) is 8.25. The van der Waals surface area contributed by atoms with Gasteiger partial charge in [-0.3, -0.25) is 9.78 Å². The summed E-state index contributed by atoms with van der Waals surface area (Å²) in [7, 11) is 0. The number of aromatic nitrogens is 3. The number of benzene rings is 1. The molecule has 0 unspecified atom stereocenters. The van der Waals surface area contributed by atoms with Crippen molar-refractivity contribution in [1.29, 1.82) is 0 Å². The first-order valence-corrected chi connectivity index (χ1v) is 11.1. The first-order chi connectivity index (χ1) is 15.0. The summed E-state index contributed by atoms with van der Waals surface area (Å²) in [5, 5.41) is 4.53. The van der Waals surface area contributed by atoms with Crippen molar-refractivity contribution < 1.29 is 18.3 Å². The Morgan fingerprint density at radius 2 is 2.06 bits per heavy atom. The van der Waals surface area contributed by atoms with Crippen molar-refractivity contribution in [3.63, 3.8) is 0 Å². The van der Waals surface area contributed by atoms with E-state index in [0.717, 1.165) is 11.3 Å². The van der Waals surface area contributed by atoms with Crippen LogP contribution in [0.4, 0.5) is 14.5 Å². The van der Waals surface area contributed by atoms with E-state index in [4.69, 9.17) is 11.6 Å². The topological polar surface area (TPSA) is 60.2 Å². The van der Waals surface area contributed by atoms with E-state index in [2.05, 4.69) is 14.8 Å². The van der Waals surface area contributed by atoms with Crippen LogP contribution in [0.25, 0.3) is 5.69 Å². The molecule has 3 aromatic rings. The lowest BCUT2D eigenvalue weighted by molar-refractivity contribution is -0.118. The van der Waals surface area contributed by atoms with Gasteiger partial charge in [0.05, 0.1) is 18.1 Å². The average molecular weight is 467 g/mol. The molecule has 2 aromatic heterocycles. The number of anilines is 1. The smallest absolute Gasteiger partial charge is 0.387 e. The highest BCUT2D eigenvalue weighted by Gasteiger charge is 2.20. The van der Waals surface area contributed by atoms with Crippen molar-refractivity contribution in [3.8, 4) is 11.4 Å². The van der Waals surface area contributed by atoms with Gasteiger partial charge in [-0.25, -0.2) is 4.68 Å². The molecule has 164 valence electrons. The van der Waals surface area contributed by atoms with Crippen molar-refractivity contribution in [3.05, 3.63) is 65.7 Å². The number of pyridine rings is 1. The summed E-state index contributed by atoms with van der Waals surface area (Å²) in [6.07, 6.45) is 5.38. The molecular formula is C21H21ClF2N4O2S. The molecule has 10 heteroatoms. The van der Waals surface area contributed by atoms with Crippen molar-refractivity contribution in [1.82, 2.24) is 14.8 Å². The molecule has 0 aliphatic rings. The maximum Gasteiger partial charge on any atom is 0.387 e. The molecule has 0 fully saturated rings. The molecule has 0 aliphatic carbocycles. The molecule has 31 heavy (non-hydrogen) atoms. The summed E-state index contributed by atoms with van der Waals surface area (Å²) in [5.41, 5.74) is 2.27. The van der Waals surface area contributed by atoms with Gasteiger partial charge < -0.3 is 9.64 Å². The van der Waals surface area contributed by atoms with E-state index in [1.54, 1.807) is 58.1 Å².